The monoisotopic (exact) mass is 297 g/mol. The van der Waals surface area contributed by atoms with Crippen LogP contribution in [-0.2, 0) is 6.54 Å². The zero-order chi connectivity index (χ0) is 11.4. The van der Waals surface area contributed by atoms with Crippen molar-refractivity contribution < 1.29 is 0 Å². The molecule has 2 aromatic rings. The molecular formula is C11H12BrN3S. The average Bonchev–Trinajstić information content (AvgIpc) is 2.75. The molecule has 1 aromatic heterocycles. The van der Waals surface area contributed by atoms with Crippen molar-refractivity contribution >= 4 is 27.5 Å². The van der Waals surface area contributed by atoms with Crippen molar-refractivity contribution in [2.75, 3.05) is 6.54 Å². The Hall–Kier alpha value is -0.780. The van der Waals surface area contributed by atoms with Crippen molar-refractivity contribution in [1.82, 2.24) is 14.9 Å². The number of rotatable bonds is 4. The Morgan fingerprint density at radius 1 is 1.38 bits per heavy atom. The van der Waals surface area contributed by atoms with Gasteiger partial charge in [-0.25, -0.2) is 0 Å². The highest BCUT2D eigenvalue weighted by Gasteiger charge is 2.11. The summed E-state index contributed by atoms with van der Waals surface area (Å²) in [6, 6.07) is 8.08. The predicted octanol–water partition coefficient (Wildman–Crippen LogP) is 3.08. The molecule has 0 unspecified atom stereocenters. The van der Waals surface area contributed by atoms with Crippen molar-refractivity contribution in [3.05, 3.63) is 33.6 Å². The minimum absolute atomic E-state index is 0.824. The van der Waals surface area contributed by atoms with E-state index >= 15 is 0 Å². The Morgan fingerprint density at radius 3 is 2.94 bits per heavy atom. The average molecular weight is 298 g/mol. The van der Waals surface area contributed by atoms with Gasteiger partial charge in [0.25, 0.3) is 0 Å². The van der Waals surface area contributed by atoms with Gasteiger partial charge in [0.1, 0.15) is 5.69 Å². The largest absolute Gasteiger partial charge is 0.312 e. The molecule has 0 saturated carbocycles. The molecule has 2 rings (SSSR count). The molecule has 0 radical (unpaired) electrons. The molecule has 3 nitrogen and oxygen atoms in total. The molecule has 0 fully saturated rings. The molecule has 0 aliphatic heterocycles. The fraction of sp³-hybridized carbons (Fsp3) is 0.273. The third-order valence-corrected chi connectivity index (χ3v) is 3.63. The molecule has 0 amide bonds. The first kappa shape index (κ1) is 11.7. The highest BCUT2D eigenvalue weighted by molar-refractivity contribution is 9.10. The molecule has 1 N–H and O–H groups in total. The number of nitrogens with zero attached hydrogens (tertiary/aromatic N) is 2. The van der Waals surface area contributed by atoms with Crippen LogP contribution in [0, 0.1) is 0 Å². The quantitative estimate of drug-likeness (QED) is 0.942. The summed E-state index contributed by atoms with van der Waals surface area (Å²) >= 11 is 4.99. The summed E-state index contributed by atoms with van der Waals surface area (Å²) < 4.78 is 5.08. The predicted molar refractivity (Wildman–Crippen MR) is 70.4 cm³/mol. The summed E-state index contributed by atoms with van der Waals surface area (Å²) in [5.41, 5.74) is 2.07. The second kappa shape index (κ2) is 5.52. The lowest BCUT2D eigenvalue weighted by atomic mass is 10.1. The summed E-state index contributed by atoms with van der Waals surface area (Å²) in [5, 5.41) is 7.49. The van der Waals surface area contributed by atoms with Gasteiger partial charge in [0, 0.05) is 16.6 Å². The van der Waals surface area contributed by atoms with Crippen molar-refractivity contribution in [1.29, 1.82) is 0 Å². The maximum absolute atomic E-state index is 4.20. The van der Waals surface area contributed by atoms with Crippen LogP contribution in [-0.4, -0.2) is 16.1 Å². The Balaban J connectivity index is 2.33. The zero-order valence-corrected chi connectivity index (χ0v) is 11.3. The fourth-order valence-corrected chi connectivity index (χ4v) is 2.52. The van der Waals surface area contributed by atoms with Crippen LogP contribution >= 0.6 is 27.5 Å². The van der Waals surface area contributed by atoms with E-state index in [1.54, 1.807) is 0 Å². The van der Waals surface area contributed by atoms with Gasteiger partial charge in [-0.3, -0.25) is 0 Å². The van der Waals surface area contributed by atoms with E-state index in [1.165, 1.54) is 16.4 Å². The lowest BCUT2D eigenvalue weighted by molar-refractivity contribution is 0.735. The van der Waals surface area contributed by atoms with Gasteiger partial charge in [-0.05, 0) is 24.1 Å². The molecule has 84 valence electrons. The van der Waals surface area contributed by atoms with E-state index in [1.807, 2.05) is 18.2 Å². The van der Waals surface area contributed by atoms with Crippen LogP contribution in [0.25, 0.3) is 11.3 Å². The van der Waals surface area contributed by atoms with Crippen LogP contribution in [0.5, 0.6) is 0 Å². The molecule has 0 spiro atoms. The maximum atomic E-state index is 4.20. The van der Waals surface area contributed by atoms with E-state index in [4.69, 9.17) is 0 Å². The molecule has 1 heterocycles. The van der Waals surface area contributed by atoms with Crippen molar-refractivity contribution in [2.24, 2.45) is 0 Å². The Morgan fingerprint density at radius 2 is 2.19 bits per heavy atom. The molecule has 0 aliphatic carbocycles. The van der Waals surface area contributed by atoms with Gasteiger partial charge in [0.05, 0.1) is 4.88 Å². The molecule has 5 heteroatoms. The standard InChI is InChI=1S/C11H12BrN3S/c1-2-13-7-10-11(14-15-16-10)8-5-3-4-6-9(8)12/h3-6,13H,2,7H2,1H3. The molecule has 0 bridgehead atoms. The molecule has 0 saturated heterocycles. The number of nitrogens with one attached hydrogen (secondary N) is 1. The SMILES string of the molecule is CCNCc1snnc1-c1ccccc1Br. The number of aromatic nitrogens is 2. The van der Waals surface area contributed by atoms with Gasteiger partial charge in [-0.15, -0.1) is 5.10 Å². The second-order valence-corrected chi connectivity index (χ2v) is 5.00. The molecule has 16 heavy (non-hydrogen) atoms. The van der Waals surface area contributed by atoms with Gasteiger partial charge in [-0.2, -0.15) is 0 Å². The van der Waals surface area contributed by atoms with Crippen LogP contribution in [0.15, 0.2) is 28.7 Å². The highest BCUT2D eigenvalue weighted by atomic mass is 79.9. The number of hydrogen-bond acceptors (Lipinski definition) is 4. The summed E-state index contributed by atoms with van der Waals surface area (Å²) in [6.45, 7) is 3.87. The Kier molecular flexibility index (Phi) is 4.04. The first-order chi connectivity index (χ1) is 7.83. The molecule has 1 aromatic carbocycles. The first-order valence-corrected chi connectivity index (χ1v) is 6.66. The van der Waals surface area contributed by atoms with Gasteiger partial charge < -0.3 is 5.32 Å². The third-order valence-electron chi connectivity index (χ3n) is 2.22. The van der Waals surface area contributed by atoms with Gasteiger partial charge >= 0.3 is 0 Å². The van der Waals surface area contributed by atoms with Crippen LogP contribution in [0.1, 0.15) is 11.8 Å². The summed E-state index contributed by atoms with van der Waals surface area (Å²) in [6.07, 6.45) is 0. The summed E-state index contributed by atoms with van der Waals surface area (Å²) in [7, 11) is 0. The smallest absolute Gasteiger partial charge is 0.111 e. The molecule has 0 aliphatic rings. The van der Waals surface area contributed by atoms with Crippen molar-refractivity contribution in [3.8, 4) is 11.3 Å². The van der Waals surface area contributed by atoms with Crippen molar-refractivity contribution in [2.45, 2.75) is 13.5 Å². The van der Waals surface area contributed by atoms with Gasteiger partial charge in [-0.1, -0.05) is 45.5 Å². The van der Waals surface area contributed by atoms with E-state index in [-0.39, 0.29) is 0 Å². The van der Waals surface area contributed by atoms with E-state index in [0.717, 1.165) is 28.8 Å². The highest BCUT2D eigenvalue weighted by Crippen LogP contribution is 2.30. The lowest BCUT2D eigenvalue weighted by Gasteiger charge is -2.03. The number of benzene rings is 1. The van der Waals surface area contributed by atoms with Gasteiger partial charge in [0.15, 0.2) is 0 Å². The Labute approximate surface area is 107 Å². The zero-order valence-electron chi connectivity index (χ0n) is 8.90. The minimum atomic E-state index is 0.824. The molecule has 0 atom stereocenters. The number of halogens is 1. The second-order valence-electron chi connectivity index (χ2n) is 3.30. The van der Waals surface area contributed by atoms with E-state index in [2.05, 4.69) is 43.8 Å². The topological polar surface area (TPSA) is 37.8 Å². The summed E-state index contributed by atoms with van der Waals surface area (Å²) in [5.74, 6) is 0. The van der Waals surface area contributed by atoms with Crippen LogP contribution in [0.3, 0.4) is 0 Å². The van der Waals surface area contributed by atoms with Crippen LogP contribution < -0.4 is 5.32 Å². The maximum Gasteiger partial charge on any atom is 0.111 e. The lowest BCUT2D eigenvalue weighted by Crippen LogP contribution is -2.11. The third kappa shape index (κ3) is 2.48. The first-order valence-electron chi connectivity index (χ1n) is 5.09. The van der Waals surface area contributed by atoms with Crippen molar-refractivity contribution in [3.63, 3.8) is 0 Å². The van der Waals surface area contributed by atoms with E-state index in [9.17, 15) is 0 Å². The minimum Gasteiger partial charge on any atom is -0.312 e. The number of hydrogen-bond donors (Lipinski definition) is 1. The Bertz CT molecular complexity index is 470. The summed E-state index contributed by atoms with van der Waals surface area (Å²) in [4.78, 5) is 1.17. The van der Waals surface area contributed by atoms with Gasteiger partial charge in [0.2, 0.25) is 0 Å². The normalized spacial score (nSPS) is 10.6. The molecular weight excluding hydrogens is 286 g/mol. The van der Waals surface area contributed by atoms with E-state index < -0.39 is 0 Å². The van der Waals surface area contributed by atoms with E-state index in [0.29, 0.717) is 0 Å². The fourth-order valence-electron chi connectivity index (χ4n) is 1.42. The van der Waals surface area contributed by atoms with Crippen LogP contribution in [0.4, 0.5) is 0 Å². The van der Waals surface area contributed by atoms with Crippen LogP contribution in [0.2, 0.25) is 0 Å².